The fraction of sp³-hybridized carbons (Fsp3) is 0.529. The van der Waals surface area contributed by atoms with Crippen LogP contribution in [0.2, 0.25) is 0 Å². The maximum atomic E-state index is 13.7. The first-order chi connectivity index (χ1) is 33.0. The summed E-state index contributed by atoms with van der Waals surface area (Å²) in [6.07, 6.45) is 7.60. The Morgan fingerprint density at radius 3 is 2.39 bits per heavy atom. The van der Waals surface area contributed by atoms with E-state index in [1.165, 1.54) is 11.3 Å². The highest BCUT2D eigenvalue weighted by atomic mass is 32.2. The second-order valence-corrected chi connectivity index (χ2v) is 24.6. The van der Waals surface area contributed by atoms with E-state index >= 15 is 0 Å². The number of hydrogen-bond donors (Lipinski definition) is 4. The normalized spacial score (nSPS) is 24.0. The Morgan fingerprint density at radius 2 is 1.67 bits per heavy atom. The molecule has 70 heavy (non-hydrogen) atoms. The Kier molecular flexibility index (Phi) is 13.2. The van der Waals surface area contributed by atoms with Crippen molar-refractivity contribution in [2.45, 2.75) is 111 Å². The van der Waals surface area contributed by atoms with Gasteiger partial charge in [0.1, 0.15) is 11.4 Å². The molecule has 2 amide bonds. The van der Waals surface area contributed by atoms with Gasteiger partial charge in [0.15, 0.2) is 10.8 Å². The first-order valence-electron chi connectivity index (χ1n) is 24.1. The van der Waals surface area contributed by atoms with Crippen LogP contribution in [-0.2, 0) is 39.1 Å². The van der Waals surface area contributed by atoms with Crippen molar-refractivity contribution < 1.29 is 41.9 Å². The summed E-state index contributed by atoms with van der Waals surface area (Å²) in [7, 11) is -4.21. The molecular formula is C51H64N8O9S2. The first kappa shape index (κ1) is 49.5. The largest absolute Gasteiger partial charge is 0.476 e. The van der Waals surface area contributed by atoms with Gasteiger partial charge in [0.2, 0.25) is 0 Å². The Balaban J connectivity index is 0.895. The number of ether oxygens (including phenoxy) is 2. The number of pyridine rings is 1. The van der Waals surface area contributed by atoms with Crippen molar-refractivity contribution in [2.24, 2.45) is 16.2 Å². The van der Waals surface area contributed by atoms with Gasteiger partial charge in [-0.05, 0) is 130 Å². The van der Waals surface area contributed by atoms with Crippen LogP contribution >= 0.6 is 11.3 Å². The van der Waals surface area contributed by atoms with Gasteiger partial charge in [-0.1, -0.05) is 49.4 Å². The second-order valence-electron chi connectivity index (χ2n) is 22.0. The summed E-state index contributed by atoms with van der Waals surface area (Å²) >= 11 is 1.42. The van der Waals surface area contributed by atoms with E-state index in [2.05, 4.69) is 29.5 Å². The van der Waals surface area contributed by atoms with Crippen LogP contribution in [0.15, 0.2) is 60.8 Å². The van der Waals surface area contributed by atoms with Crippen molar-refractivity contribution in [1.29, 1.82) is 0 Å². The Hall–Kier alpha value is -5.47. The van der Waals surface area contributed by atoms with Crippen LogP contribution in [0.1, 0.15) is 111 Å². The van der Waals surface area contributed by atoms with Crippen molar-refractivity contribution in [3.8, 4) is 11.1 Å². The third-order valence-electron chi connectivity index (χ3n) is 14.5. The minimum absolute atomic E-state index is 0.0293. The van der Waals surface area contributed by atoms with Gasteiger partial charge in [-0.15, -0.1) is 0 Å². The van der Waals surface area contributed by atoms with Gasteiger partial charge in [-0.25, -0.2) is 19.6 Å². The lowest BCUT2D eigenvalue weighted by molar-refractivity contribution is -0.248. The molecule has 0 radical (unpaired) electrons. The maximum Gasteiger partial charge on any atom is 0.407 e. The van der Waals surface area contributed by atoms with E-state index in [-0.39, 0.29) is 40.9 Å². The Morgan fingerprint density at radius 1 is 0.914 bits per heavy atom. The Labute approximate surface area is 413 Å². The number of rotatable bonds is 17. The lowest BCUT2D eigenvalue weighted by Crippen LogP contribution is -2.64. The van der Waals surface area contributed by atoms with E-state index in [1.54, 1.807) is 27.0 Å². The predicted molar refractivity (Wildman–Crippen MR) is 268 cm³/mol. The summed E-state index contributed by atoms with van der Waals surface area (Å²) in [5, 5.41) is 21.8. The molecule has 10 rings (SSSR count). The van der Waals surface area contributed by atoms with Crippen molar-refractivity contribution in [2.75, 3.05) is 55.3 Å². The van der Waals surface area contributed by atoms with Gasteiger partial charge in [0.05, 0.1) is 34.4 Å². The number of carbonyl (C=O) groups is 3. The predicted octanol–water partition coefficient (Wildman–Crippen LogP) is 8.23. The van der Waals surface area contributed by atoms with Gasteiger partial charge in [0, 0.05) is 68.2 Å². The number of aromatic carboxylic acids is 1. The molecule has 4 N–H and O–H groups in total. The number of benzene rings is 2. The van der Waals surface area contributed by atoms with Gasteiger partial charge in [-0.3, -0.25) is 24.2 Å². The molecule has 19 heteroatoms. The van der Waals surface area contributed by atoms with Crippen molar-refractivity contribution in [3.05, 3.63) is 88.9 Å². The highest BCUT2D eigenvalue weighted by molar-refractivity contribution is 7.85. The summed E-state index contributed by atoms with van der Waals surface area (Å²) in [4.78, 5) is 52.3. The molecule has 374 valence electrons. The molecule has 3 aromatic heterocycles. The minimum atomic E-state index is -4.21. The molecule has 4 saturated carbocycles. The third-order valence-corrected chi connectivity index (χ3v) is 16.2. The fourth-order valence-corrected chi connectivity index (χ4v) is 14.4. The average molecular weight is 997 g/mol. The number of carboxylic acid groups (broad SMARTS) is 1. The van der Waals surface area contributed by atoms with E-state index in [4.69, 9.17) is 19.6 Å². The summed E-state index contributed by atoms with van der Waals surface area (Å²) in [6.45, 7) is 15.1. The molecule has 0 spiro atoms. The van der Waals surface area contributed by atoms with E-state index in [9.17, 15) is 32.5 Å². The Bertz CT molecular complexity index is 2890. The second kappa shape index (κ2) is 18.6. The molecule has 2 aromatic carbocycles. The van der Waals surface area contributed by atoms with E-state index in [1.807, 2.05) is 76.0 Å². The number of carboxylic acids is 1. The van der Waals surface area contributed by atoms with Crippen LogP contribution < -0.4 is 15.5 Å². The average Bonchev–Trinajstić information content (AvgIpc) is 3.83. The van der Waals surface area contributed by atoms with Crippen molar-refractivity contribution in [3.63, 3.8) is 0 Å². The number of amides is 2. The number of nitrogens with one attached hydrogen (secondary N) is 2. The summed E-state index contributed by atoms with van der Waals surface area (Å²) in [5.41, 5.74) is 4.12. The van der Waals surface area contributed by atoms with Crippen LogP contribution in [0.25, 0.3) is 21.3 Å². The van der Waals surface area contributed by atoms with Crippen LogP contribution in [0.4, 0.5) is 15.7 Å². The van der Waals surface area contributed by atoms with Gasteiger partial charge >= 0.3 is 12.1 Å². The van der Waals surface area contributed by atoms with Crippen LogP contribution in [-0.4, -0.2) is 117 Å². The topological polar surface area (TPSA) is 218 Å². The monoisotopic (exact) mass is 996 g/mol. The number of nitrogens with zero attached hydrogens (tertiary/aromatic N) is 6. The molecular weight excluding hydrogens is 933 g/mol. The maximum absolute atomic E-state index is 13.7. The number of alkyl carbamates (subject to hydrolysis) is 1. The SMILES string of the molecule is Cc1c(-c2ccc(N3CCc4cccc(C(=O)Nc5nc6ccccc6s5)c4C3)nc2C(=O)O)cnn1CC12CC3(C)CC(C)(C1)CC(OCCN(CCNC(=O)OC(C)(C)C)CCS(=O)(=O)O)(C3)C2. The quantitative estimate of drug-likeness (QED) is 0.0646. The molecule has 5 aliphatic rings. The molecule has 4 aliphatic carbocycles. The number of thiazole rings is 1. The van der Waals surface area contributed by atoms with Crippen molar-refractivity contribution >= 4 is 60.6 Å². The highest BCUT2D eigenvalue weighted by Crippen LogP contribution is 2.72. The number of aromatic nitrogens is 4. The lowest BCUT2D eigenvalue weighted by atomic mass is 9.39. The smallest absolute Gasteiger partial charge is 0.407 e. The summed E-state index contributed by atoms with van der Waals surface area (Å²) in [6, 6.07) is 17.2. The molecule has 4 bridgehead atoms. The summed E-state index contributed by atoms with van der Waals surface area (Å²) in [5.74, 6) is -1.32. The van der Waals surface area contributed by atoms with Gasteiger partial charge in [-0.2, -0.15) is 13.5 Å². The number of para-hydroxylation sites is 1. The van der Waals surface area contributed by atoms with E-state index < -0.39 is 39.1 Å². The van der Waals surface area contributed by atoms with Gasteiger partial charge < -0.3 is 24.8 Å². The van der Waals surface area contributed by atoms with Crippen LogP contribution in [0.3, 0.4) is 0 Å². The number of anilines is 2. The molecule has 4 fully saturated rings. The lowest BCUT2D eigenvalue weighted by Gasteiger charge is -2.69. The van der Waals surface area contributed by atoms with Crippen LogP contribution in [0.5, 0.6) is 0 Å². The molecule has 0 saturated heterocycles. The number of carbonyl (C=O) groups excluding carboxylic acids is 2. The van der Waals surface area contributed by atoms with E-state index in [0.29, 0.717) is 73.4 Å². The minimum Gasteiger partial charge on any atom is -0.476 e. The number of hydrogen-bond acceptors (Lipinski definition) is 13. The molecule has 2 unspecified atom stereocenters. The zero-order valence-corrected chi connectivity index (χ0v) is 42.5. The molecule has 5 aromatic rings. The highest BCUT2D eigenvalue weighted by Gasteiger charge is 2.66. The van der Waals surface area contributed by atoms with Gasteiger partial charge in [0.25, 0.3) is 16.0 Å². The van der Waals surface area contributed by atoms with Crippen LogP contribution in [0, 0.1) is 23.2 Å². The fourth-order valence-electron chi connectivity index (χ4n) is 13.0. The summed E-state index contributed by atoms with van der Waals surface area (Å²) < 4.78 is 48.4. The molecule has 17 nitrogen and oxygen atoms in total. The molecule has 4 heterocycles. The zero-order chi connectivity index (χ0) is 49.9. The van der Waals surface area contributed by atoms with E-state index in [0.717, 1.165) is 65.6 Å². The molecule has 1 aliphatic heterocycles. The zero-order valence-electron chi connectivity index (χ0n) is 40.8. The third kappa shape index (κ3) is 10.9. The standard InChI is InChI=1S/C51H64N8O9S2/c1-33-37(35-14-15-41(55-42(35)44(61)62)58-18-16-34-10-9-11-36(38(34)25-58)43(60)56-45-54-39-12-7-8-13-40(39)69-45)24-53-59(33)32-50-27-48(5)26-49(6,28-50)30-51(29-48,31-50)67-22-20-57(21-23-70(64,65)66)19-17-52-46(63)68-47(2,3)4/h7-15,24H,16-23,25-32H2,1-6H3,(H,52,63)(H,61,62)(H,54,56,60)(H,64,65,66). The molecule has 2 atom stereocenters. The number of fused-ring (bicyclic) bond motifs is 2. The first-order valence-corrected chi connectivity index (χ1v) is 26.5. The van der Waals surface area contributed by atoms with Crippen molar-refractivity contribution in [1.82, 2.24) is 30.0 Å².